The van der Waals surface area contributed by atoms with Crippen molar-refractivity contribution < 1.29 is 10.2 Å². The number of aliphatic hydroxyl groups is 2. The van der Waals surface area contributed by atoms with Gasteiger partial charge < -0.3 is 10.2 Å². The number of hydrogen-bond donors (Lipinski definition) is 2. The molecule has 0 atom stereocenters. The largest absolute Gasteiger partial charge is 0.395 e. The number of halogens is 1. The summed E-state index contributed by atoms with van der Waals surface area (Å²) in [6.45, 7) is 3.94. The molecule has 0 aromatic heterocycles. The first-order valence-corrected chi connectivity index (χ1v) is 5.75. The SMILES string of the molecule is Cc1cccc(Cl)c1CN(CCO)CCO. The van der Waals surface area contributed by atoms with Gasteiger partial charge in [-0.05, 0) is 24.1 Å². The standard InChI is InChI=1S/C12H18ClNO2/c1-10-3-2-4-12(13)11(10)9-14(5-7-15)6-8-16/h2-4,15-16H,5-9H2,1H3. The smallest absolute Gasteiger partial charge is 0.0558 e. The molecule has 0 spiro atoms. The maximum Gasteiger partial charge on any atom is 0.0558 e. The molecular weight excluding hydrogens is 226 g/mol. The minimum absolute atomic E-state index is 0.0868. The van der Waals surface area contributed by atoms with Crippen molar-refractivity contribution in [3.05, 3.63) is 34.3 Å². The van der Waals surface area contributed by atoms with Crippen molar-refractivity contribution in [2.24, 2.45) is 0 Å². The molecule has 0 saturated heterocycles. The first kappa shape index (κ1) is 13.5. The van der Waals surface area contributed by atoms with Crippen LogP contribution in [0.1, 0.15) is 11.1 Å². The summed E-state index contributed by atoms with van der Waals surface area (Å²) in [6, 6.07) is 5.79. The van der Waals surface area contributed by atoms with Crippen molar-refractivity contribution >= 4 is 11.6 Å². The van der Waals surface area contributed by atoms with Gasteiger partial charge in [0.1, 0.15) is 0 Å². The molecule has 3 nitrogen and oxygen atoms in total. The quantitative estimate of drug-likeness (QED) is 0.795. The molecular formula is C12H18ClNO2. The Bertz CT molecular complexity index is 305. The van der Waals surface area contributed by atoms with Crippen molar-refractivity contribution in [1.29, 1.82) is 0 Å². The molecule has 0 aliphatic heterocycles. The van der Waals surface area contributed by atoms with E-state index in [2.05, 4.69) is 0 Å². The van der Waals surface area contributed by atoms with Crippen LogP contribution in [0.4, 0.5) is 0 Å². The molecule has 1 rings (SSSR count). The fraction of sp³-hybridized carbons (Fsp3) is 0.500. The highest BCUT2D eigenvalue weighted by Gasteiger charge is 2.09. The Morgan fingerprint density at radius 3 is 2.31 bits per heavy atom. The minimum Gasteiger partial charge on any atom is -0.395 e. The molecule has 0 radical (unpaired) electrons. The van der Waals surface area contributed by atoms with E-state index in [0.717, 1.165) is 16.1 Å². The van der Waals surface area contributed by atoms with E-state index in [1.807, 2.05) is 30.0 Å². The lowest BCUT2D eigenvalue weighted by Crippen LogP contribution is -2.29. The first-order valence-electron chi connectivity index (χ1n) is 5.37. The number of benzene rings is 1. The molecule has 0 saturated carbocycles. The van der Waals surface area contributed by atoms with Crippen molar-refractivity contribution in [3.63, 3.8) is 0 Å². The van der Waals surface area contributed by atoms with Gasteiger partial charge in [-0.15, -0.1) is 0 Å². The van der Waals surface area contributed by atoms with Crippen molar-refractivity contribution in [2.75, 3.05) is 26.3 Å². The topological polar surface area (TPSA) is 43.7 Å². The summed E-state index contributed by atoms with van der Waals surface area (Å²) in [4.78, 5) is 1.98. The van der Waals surface area contributed by atoms with Crippen LogP contribution in [0.5, 0.6) is 0 Å². The van der Waals surface area contributed by atoms with E-state index < -0.39 is 0 Å². The lowest BCUT2D eigenvalue weighted by Gasteiger charge is -2.21. The van der Waals surface area contributed by atoms with Gasteiger partial charge in [-0.3, -0.25) is 4.90 Å². The lowest BCUT2D eigenvalue weighted by atomic mass is 10.1. The number of rotatable bonds is 6. The van der Waals surface area contributed by atoms with E-state index in [4.69, 9.17) is 21.8 Å². The molecule has 0 fully saturated rings. The van der Waals surface area contributed by atoms with Gasteiger partial charge in [-0.2, -0.15) is 0 Å². The summed E-state index contributed by atoms with van der Waals surface area (Å²) in [5, 5.41) is 18.6. The van der Waals surface area contributed by atoms with Gasteiger partial charge in [-0.25, -0.2) is 0 Å². The Kier molecular flexibility index (Phi) is 5.77. The van der Waals surface area contributed by atoms with E-state index in [9.17, 15) is 0 Å². The maximum atomic E-state index is 8.92. The predicted molar refractivity (Wildman–Crippen MR) is 65.6 cm³/mol. The molecule has 16 heavy (non-hydrogen) atoms. The van der Waals surface area contributed by atoms with Gasteiger partial charge in [-0.1, -0.05) is 23.7 Å². The van der Waals surface area contributed by atoms with E-state index in [1.54, 1.807) is 0 Å². The zero-order valence-electron chi connectivity index (χ0n) is 9.49. The third-order valence-corrected chi connectivity index (χ3v) is 2.92. The summed E-state index contributed by atoms with van der Waals surface area (Å²) < 4.78 is 0. The highest BCUT2D eigenvalue weighted by atomic mass is 35.5. The average Bonchev–Trinajstić information content (AvgIpc) is 2.24. The Labute approximate surface area is 101 Å². The van der Waals surface area contributed by atoms with Crippen LogP contribution < -0.4 is 0 Å². The van der Waals surface area contributed by atoms with Crippen LogP contribution in [0.2, 0.25) is 5.02 Å². The van der Waals surface area contributed by atoms with Gasteiger partial charge >= 0.3 is 0 Å². The van der Waals surface area contributed by atoms with Crippen LogP contribution in [0.3, 0.4) is 0 Å². The fourth-order valence-corrected chi connectivity index (χ4v) is 1.92. The number of aryl methyl sites for hydroxylation is 1. The van der Waals surface area contributed by atoms with Crippen LogP contribution in [-0.2, 0) is 6.54 Å². The Morgan fingerprint density at radius 2 is 1.81 bits per heavy atom. The fourth-order valence-electron chi connectivity index (χ4n) is 1.64. The molecule has 0 aliphatic carbocycles. The monoisotopic (exact) mass is 243 g/mol. The molecule has 90 valence electrons. The van der Waals surface area contributed by atoms with Crippen molar-refractivity contribution in [2.45, 2.75) is 13.5 Å². The van der Waals surface area contributed by atoms with Crippen molar-refractivity contribution in [1.82, 2.24) is 4.90 Å². The summed E-state index contributed by atoms with van der Waals surface area (Å²) >= 11 is 6.12. The highest BCUT2D eigenvalue weighted by Crippen LogP contribution is 2.21. The summed E-state index contributed by atoms with van der Waals surface area (Å²) in [5.41, 5.74) is 2.19. The van der Waals surface area contributed by atoms with Gasteiger partial charge in [0.05, 0.1) is 13.2 Å². The number of hydrogen-bond acceptors (Lipinski definition) is 3. The highest BCUT2D eigenvalue weighted by molar-refractivity contribution is 6.31. The number of nitrogens with zero attached hydrogens (tertiary/aromatic N) is 1. The van der Waals surface area contributed by atoms with E-state index >= 15 is 0 Å². The Balaban J connectivity index is 2.76. The second-order valence-corrected chi connectivity index (χ2v) is 4.17. The molecule has 2 N–H and O–H groups in total. The van der Waals surface area contributed by atoms with Crippen LogP contribution >= 0.6 is 11.6 Å². The summed E-state index contributed by atoms with van der Waals surface area (Å²) in [5.74, 6) is 0. The molecule has 0 unspecified atom stereocenters. The molecule has 0 heterocycles. The molecule has 0 aliphatic rings. The van der Waals surface area contributed by atoms with Crippen molar-refractivity contribution in [3.8, 4) is 0 Å². The third kappa shape index (κ3) is 3.76. The van der Waals surface area contributed by atoms with Crippen LogP contribution in [-0.4, -0.2) is 41.4 Å². The van der Waals surface area contributed by atoms with Gasteiger partial charge in [0.2, 0.25) is 0 Å². The first-order chi connectivity index (χ1) is 7.69. The molecule has 4 heteroatoms. The summed E-state index contributed by atoms with van der Waals surface area (Å²) in [6.07, 6.45) is 0. The molecule has 1 aromatic rings. The summed E-state index contributed by atoms with van der Waals surface area (Å²) in [7, 11) is 0. The maximum absolute atomic E-state index is 8.92. The number of aliphatic hydroxyl groups excluding tert-OH is 2. The second-order valence-electron chi connectivity index (χ2n) is 3.76. The van der Waals surface area contributed by atoms with E-state index in [0.29, 0.717) is 19.6 Å². The minimum atomic E-state index is 0.0868. The van der Waals surface area contributed by atoms with Crippen LogP contribution in [0.25, 0.3) is 0 Å². The molecule has 0 amide bonds. The molecule has 0 bridgehead atoms. The Hall–Kier alpha value is -0.610. The average molecular weight is 244 g/mol. The Morgan fingerprint density at radius 1 is 1.19 bits per heavy atom. The third-order valence-electron chi connectivity index (χ3n) is 2.57. The molecule has 1 aromatic carbocycles. The zero-order chi connectivity index (χ0) is 12.0. The normalized spacial score (nSPS) is 11.1. The van der Waals surface area contributed by atoms with Gasteiger partial charge in [0, 0.05) is 24.7 Å². The second kappa shape index (κ2) is 6.86. The lowest BCUT2D eigenvalue weighted by molar-refractivity contribution is 0.155. The van der Waals surface area contributed by atoms with E-state index in [-0.39, 0.29) is 13.2 Å². The zero-order valence-corrected chi connectivity index (χ0v) is 10.2. The van der Waals surface area contributed by atoms with Gasteiger partial charge in [0.15, 0.2) is 0 Å². The van der Waals surface area contributed by atoms with E-state index in [1.165, 1.54) is 0 Å². The predicted octanol–water partition coefficient (Wildman–Crippen LogP) is 1.44. The van der Waals surface area contributed by atoms with Gasteiger partial charge in [0.25, 0.3) is 0 Å². The van der Waals surface area contributed by atoms with Crippen LogP contribution in [0.15, 0.2) is 18.2 Å². The van der Waals surface area contributed by atoms with Crippen LogP contribution in [0, 0.1) is 6.92 Å².